The lowest BCUT2D eigenvalue weighted by Gasteiger charge is -2.10. The summed E-state index contributed by atoms with van der Waals surface area (Å²) in [6.45, 7) is 5.01. The fourth-order valence-electron chi connectivity index (χ4n) is 2.20. The molecule has 3 nitrogen and oxygen atoms in total. The van der Waals surface area contributed by atoms with E-state index >= 15 is 0 Å². The summed E-state index contributed by atoms with van der Waals surface area (Å²) in [6.07, 6.45) is 5.54. The first-order chi connectivity index (χ1) is 6.77. The Morgan fingerprint density at radius 2 is 2.07 bits per heavy atom. The van der Waals surface area contributed by atoms with Gasteiger partial charge in [0.1, 0.15) is 11.4 Å². The molecule has 0 unspecified atom stereocenters. The largest absolute Gasteiger partial charge is 0.380 e. The summed E-state index contributed by atoms with van der Waals surface area (Å²) in [5, 5.41) is 7.37. The molecule has 0 bridgehead atoms. The third kappa shape index (κ3) is 1.91. The van der Waals surface area contributed by atoms with Crippen LogP contribution in [-0.2, 0) is 0 Å². The molecule has 1 heterocycles. The van der Waals surface area contributed by atoms with Crippen LogP contribution in [0.2, 0.25) is 0 Å². The molecular formula is C11H18N2O. The maximum atomic E-state index is 5.10. The Kier molecular flexibility index (Phi) is 2.75. The monoisotopic (exact) mass is 194 g/mol. The number of aryl methyl sites for hydroxylation is 2. The van der Waals surface area contributed by atoms with Crippen LogP contribution >= 0.6 is 0 Å². The van der Waals surface area contributed by atoms with Crippen LogP contribution in [-0.4, -0.2) is 11.7 Å². The average Bonchev–Trinajstić information content (AvgIpc) is 2.76. The molecule has 1 saturated carbocycles. The van der Waals surface area contributed by atoms with E-state index in [4.69, 9.17) is 4.52 Å². The van der Waals surface area contributed by atoms with Crippen molar-refractivity contribution in [3.63, 3.8) is 0 Å². The molecule has 78 valence electrons. The molecule has 0 atom stereocenters. The highest BCUT2D eigenvalue weighted by molar-refractivity contribution is 5.49. The Morgan fingerprint density at radius 1 is 1.36 bits per heavy atom. The molecule has 1 aromatic heterocycles. The maximum Gasteiger partial charge on any atom is 0.156 e. The molecule has 0 radical (unpaired) electrons. The van der Waals surface area contributed by atoms with Crippen LogP contribution in [0.15, 0.2) is 4.52 Å². The second-order valence-corrected chi connectivity index (χ2v) is 4.23. The van der Waals surface area contributed by atoms with Gasteiger partial charge in [-0.2, -0.15) is 0 Å². The van der Waals surface area contributed by atoms with Gasteiger partial charge in [0.15, 0.2) is 5.76 Å². The Balaban J connectivity index is 1.90. The molecule has 1 aliphatic carbocycles. The lowest BCUT2D eigenvalue weighted by Crippen LogP contribution is -2.11. The summed E-state index contributed by atoms with van der Waals surface area (Å²) in [4.78, 5) is 0. The van der Waals surface area contributed by atoms with Crippen molar-refractivity contribution in [3.8, 4) is 0 Å². The first-order valence-corrected chi connectivity index (χ1v) is 5.44. The van der Waals surface area contributed by atoms with E-state index in [0.717, 1.165) is 29.6 Å². The zero-order valence-electron chi connectivity index (χ0n) is 8.97. The Hall–Kier alpha value is -0.990. The molecule has 0 aromatic carbocycles. The molecule has 14 heavy (non-hydrogen) atoms. The van der Waals surface area contributed by atoms with Crippen molar-refractivity contribution < 1.29 is 4.52 Å². The fraction of sp³-hybridized carbons (Fsp3) is 0.727. The smallest absolute Gasteiger partial charge is 0.156 e. The van der Waals surface area contributed by atoms with Crippen molar-refractivity contribution in [1.82, 2.24) is 5.16 Å². The van der Waals surface area contributed by atoms with E-state index in [1.165, 1.54) is 25.7 Å². The number of anilines is 1. The third-order valence-corrected chi connectivity index (χ3v) is 3.08. The van der Waals surface area contributed by atoms with Crippen LogP contribution in [0.4, 0.5) is 5.69 Å². The van der Waals surface area contributed by atoms with Crippen molar-refractivity contribution >= 4 is 5.69 Å². The zero-order valence-corrected chi connectivity index (χ0v) is 8.97. The van der Waals surface area contributed by atoms with Crippen molar-refractivity contribution in [2.75, 3.05) is 11.9 Å². The van der Waals surface area contributed by atoms with Crippen molar-refractivity contribution in [2.24, 2.45) is 5.92 Å². The van der Waals surface area contributed by atoms with E-state index < -0.39 is 0 Å². The lowest BCUT2D eigenvalue weighted by atomic mass is 10.1. The maximum absolute atomic E-state index is 5.10. The Labute approximate surface area is 84.9 Å². The molecule has 1 aromatic rings. The molecule has 0 amide bonds. The second-order valence-electron chi connectivity index (χ2n) is 4.23. The van der Waals surface area contributed by atoms with Crippen LogP contribution in [0.25, 0.3) is 0 Å². The van der Waals surface area contributed by atoms with Gasteiger partial charge in [-0.05, 0) is 32.6 Å². The summed E-state index contributed by atoms with van der Waals surface area (Å²) in [5.74, 6) is 1.75. The van der Waals surface area contributed by atoms with Crippen molar-refractivity contribution in [1.29, 1.82) is 0 Å². The molecule has 3 heteroatoms. The minimum Gasteiger partial charge on any atom is -0.380 e. The number of rotatable bonds is 3. The van der Waals surface area contributed by atoms with E-state index in [-0.39, 0.29) is 0 Å². The molecule has 0 spiro atoms. The van der Waals surface area contributed by atoms with E-state index in [2.05, 4.69) is 10.5 Å². The van der Waals surface area contributed by atoms with Gasteiger partial charge in [-0.3, -0.25) is 0 Å². The van der Waals surface area contributed by atoms with E-state index in [1.54, 1.807) is 0 Å². The predicted octanol–water partition coefficient (Wildman–Crippen LogP) is 2.89. The highest BCUT2D eigenvalue weighted by Crippen LogP contribution is 2.26. The van der Waals surface area contributed by atoms with E-state index in [9.17, 15) is 0 Å². The number of hydrogen-bond acceptors (Lipinski definition) is 3. The van der Waals surface area contributed by atoms with Gasteiger partial charge in [0.2, 0.25) is 0 Å². The molecular weight excluding hydrogens is 176 g/mol. The first-order valence-electron chi connectivity index (χ1n) is 5.44. The second kappa shape index (κ2) is 4.03. The predicted molar refractivity (Wildman–Crippen MR) is 56.4 cm³/mol. The summed E-state index contributed by atoms with van der Waals surface area (Å²) in [7, 11) is 0. The highest BCUT2D eigenvalue weighted by atomic mass is 16.5. The molecule has 0 saturated heterocycles. The molecule has 0 aliphatic heterocycles. The van der Waals surface area contributed by atoms with Gasteiger partial charge in [0.05, 0.1) is 0 Å². The van der Waals surface area contributed by atoms with Gasteiger partial charge in [-0.15, -0.1) is 0 Å². The quantitative estimate of drug-likeness (QED) is 0.804. The van der Waals surface area contributed by atoms with Gasteiger partial charge in [-0.1, -0.05) is 18.0 Å². The van der Waals surface area contributed by atoms with Gasteiger partial charge in [0, 0.05) is 6.54 Å². The highest BCUT2D eigenvalue weighted by Gasteiger charge is 2.16. The molecule has 1 fully saturated rings. The van der Waals surface area contributed by atoms with Crippen LogP contribution in [0, 0.1) is 19.8 Å². The number of nitrogens with one attached hydrogen (secondary N) is 1. The van der Waals surface area contributed by atoms with Crippen LogP contribution < -0.4 is 5.32 Å². The molecule has 1 N–H and O–H groups in total. The van der Waals surface area contributed by atoms with E-state index in [1.807, 2.05) is 13.8 Å². The minimum absolute atomic E-state index is 0.851. The summed E-state index contributed by atoms with van der Waals surface area (Å²) < 4.78 is 5.10. The van der Waals surface area contributed by atoms with E-state index in [0.29, 0.717) is 0 Å². The number of nitrogens with zero attached hydrogens (tertiary/aromatic N) is 1. The SMILES string of the molecule is Cc1noc(C)c1NCC1CCCC1. The lowest BCUT2D eigenvalue weighted by molar-refractivity contribution is 0.393. The van der Waals surface area contributed by atoms with Gasteiger partial charge in [0.25, 0.3) is 0 Å². The average molecular weight is 194 g/mol. The fourth-order valence-corrected chi connectivity index (χ4v) is 2.20. The Morgan fingerprint density at radius 3 is 2.64 bits per heavy atom. The topological polar surface area (TPSA) is 38.1 Å². The van der Waals surface area contributed by atoms with Gasteiger partial charge in [-0.25, -0.2) is 0 Å². The standard InChI is InChI=1S/C11H18N2O/c1-8-11(9(2)14-13-8)12-7-10-5-3-4-6-10/h10,12H,3-7H2,1-2H3. The molecule has 2 rings (SSSR count). The van der Waals surface area contributed by atoms with Crippen molar-refractivity contribution in [3.05, 3.63) is 11.5 Å². The summed E-state index contributed by atoms with van der Waals surface area (Å²) in [5.41, 5.74) is 2.07. The van der Waals surface area contributed by atoms with Crippen molar-refractivity contribution in [2.45, 2.75) is 39.5 Å². The normalized spacial score (nSPS) is 17.6. The van der Waals surface area contributed by atoms with Crippen LogP contribution in [0.3, 0.4) is 0 Å². The molecule has 1 aliphatic rings. The summed E-state index contributed by atoms with van der Waals surface area (Å²) >= 11 is 0. The Bertz CT molecular complexity index is 281. The minimum atomic E-state index is 0.851. The zero-order chi connectivity index (χ0) is 9.97. The number of hydrogen-bond donors (Lipinski definition) is 1. The van der Waals surface area contributed by atoms with Crippen LogP contribution in [0.1, 0.15) is 37.1 Å². The van der Waals surface area contributed by atoms with Gasteiger partial charge < -0.3 is 9.84 Å². The first kappa shape index (κ1) is 9.56. The third-order valence-electron chi connectivity index (χ3n) is 3.08. The van der Waals surface area contributed by atoms with Crippen LogP contribution in [0.5, 0.6) is 0 Å². The summed E-state index contributed by atoms with van der Waals surface area (Å²) in [6, 6.07) is 0. The van der Waals surface area contributed by atoms with Gasteiger partial charge >= 0.3 is 0 Å². The number of aromatic nitrogens is 1.